The van der Waals surface area contributed by atoms with Crippen molar-refractivity contribution in [3.63, 3.8) is 0 Å². The van der Waals surface area contributed by atoms with E-state index in [2.05, 4.69) is 6.07 Å². The first-order chi connectivity index (χ1) is 17.5. The minimum atomic E-state index is -3.84. The number of para-hydroxylation sites is 1. The number of ether oxygens (including phenoxy) is 2. The lowest BCUT2D eigenvalue weighted by Crippen LogP contribution is -2.48. The van der Waals surface area contributed by atoms with Crippen LogP contribution in [0.4, 0.5) is 0 Å². The van der Waals surface area contributed by atoms with Crippen molar-refractivity contribution in [2.24, 2.45) is 5.92 Å². The van der Waals surface area contributed by atoms with Gasteiger partial charge in [-0.15, -0.1) is 11.3 Å². The summed E-state index contributed by atoms with van der Waals surface area (Å²) in [5, 5.41) is 2.04. The smallest absolute Gasteiger partial charge is 0.243 e. The molecule has 7 nitrogen and oxygen atoms in total. The Morgan fingerprint density at radius 2 is 1.81 bits per heavy atom. The van der Waals surface area contributed by atoms with Gasteiger partial charge in [0.2, 0.25) is 15.9 Å². The van der Waals surface area contributed by atoms with E-state index in [-0.39, 0.29) is 23.4 Å². The number of fused-ring (bicyclic) bond motifs is 1. The van der Waals surface area contributed by atoms with E-state index in [4.69, 9.17) is 9.47 Å². The van der Waals surface area contributed by atoms with E-state index in [1.54, 1.807) is 28.4 Å². The van der Waals surface area contributed by atoms with Crippen LogP contribution >= 0.6 is 11.3 Å². The quantitative estimate of drug-likeness (QED) is 0.392. The molecule has 3 aromatic rings. The Kier molecular flexibility index (Phi) is 7.32. The molecular weight excluding hydrogens is 496 g/mol. The van der Waals surface area contributed by atoms with Gasteiger partial charge in [-0.25, -0.2) is 8.42 Å². The average molecular weight is 527 g/mol. The highest BCUT2D eigenvalue weighted by molar-refractivity contribution is 7.89. The molecule has 1 saturated carbocycles. The van der Waals surface area contributed by atoms with Crippen LogP contribution in [0.2, 0.25) is 0 Å². The van der Waals surface area contributed by atoms with Crippen LogP contribution in [0.5, 0.6) is 11.5 Å². The van der Waals surface area contributed by atoms with Crippen LogP contribution in [-0.2, 0) is 21.2 Å². The van der Waals surface area contributed by atoms with E-state index in [1.807, 2.05) is 35.7 Å². The van der Waals surface area contributed by atoms with Gasteiger partial charge in [0.05, 0.1) is 24.6 Å². The fourth-order valence-corrected chi connectivity index (χ4v) is 6.93. The number of sulfonamides is 1. The molecule has 0 radical (unpaired) electrons. The number of methoxy groups -OCH3 is 1. The second-order valence-electron chi connectivity index (χ2n) is 9.19. The topological polar surface area (TPSA) is 76.2 Å². The number of rotatable bonds is 10. The van der Waals surface area contributed by atoms with Gasteiger partial charge >= 0.3 is 0 Å². The molecule has 2 heterocycles. The summed E-state index contributed by atoms with van der Waals surface area (Å²) in [6, 6.07) is 17.6. The van der Waals surface area contributed by atoms with Gasteiger partial charge in [-0.05, 0) is 78.6 Å². The highest BCUT2D eigenvalue weighted by Gasteiger charge is 2.37. The molecule has 1 aliphatic heterocycles. The van der Waals surface area contributed by atoms with E-state index >= 15 is 0 Å². The lowest BCUT2D eigenvalue weighted by atomic mass is 10.0. The van der Waals surface area contributed by atoms with Crippen molar-refractivity contribution >= 4 is 27.3 Å². The van der Waals surface area contributed by atoms with Crippen LogP contribution in [0.25, 0.3) is 0 Å². The fraction of sp³-hybridized carbons (Fsp3) is 0.370. The second kappa shape index (κ2) is 10.6. The summed E-state index contributed by atoms with van der Waals surface area (Å²) in [7, 11) is -2.30. The lowest BCUT2D eigenvalue weighted by Gasteiger charge is -2.37. The molecular formula is C27H30N2O5S2. The number of thiophene rings is 1. The molecule has 0 spiro atoms. The van der Waals surface area contributed by atoms with Gasteiger partial charge in [-0.2, -0.15) is 4.31 Å². The van der Waals surface area contributed by atoms with Crippen molar-refractivity contribution in [3.8, 4) is 11.5 Å². The molecule has 190 valence electrons. The Morgan fingerprint density at radius 3 is 2.50 bits per heavy atom. The maximum Gasteiger partial charge on any atom is 0.243 e. The Labute approximate surface area is 216 Å². The number of hydrogen-bond acceptors (Lipinski definition) is 6. The number of carbonyl (C=O) groups is 1. The normalized spacial score (nSPS) is 17.6. The molecule has 9 heteroatoms. The van der Waals surface area contributed by atoms with E-state index < -0.39 is 10.0 Å². The van der Waals surface area contributed by atoms with Crippen molar-refractivity contribution in [2.75, 3.05) is 33.4 Å². The highest BCUT2D eigenvalue weighted by atomic mass is 32.2. The SMILES string of the molecule is COc1ccc(S(=O)(=O)N(CC(=O)N2CCc3sccc3[C@H]2COc2ccccc2)CC2CC2)cc1. The van der Waals surface area contributed by atoms with Crippen molar-refractivity contribution in [3.05, 3.63) is 76.5 Å². The standard InChI is InChI=1S/C27H30N2O5S2/c1-33-21-9-11-23(12-10-21)36(31,32)28(17-20-7-8-20)18-27(30)29-15-13-26-24(14-16-35-26)25(29)19-34-22-5-3-2-4-6-22/h2-6,9-12,14,16,20,25H,7-8,13,15,17-19H2,1H3/t25-/m1/s1. The third kappa shape index (κ3) is 5.43. The van der Waals surface area contributed by atoms with Crippen LogP contribution < -0.4 is 9.47 Å². The predicted molar refractivity (Wildman–Crippen MR) is 139 cm³/mol. The van der Waals surface area contributed by atoms with Gasteiger partial charge in [0, 0.05) is 18.0 Å². The predicted octanol–water partition coefficient (Wildman–Crippen LogP) is 4.36. The maximum atomic E-state index is 13.7. The number of benzene rings is 2. The molecule has 5 rings (SSSR count). The van der Waals surface area contributed by atoms with Crippen LogP contribution in [0.15, 0.2) is 70.9 Å². The van der Waals surface area contributed by atoms with E-state index in [9.17, 15) is 13.2 Å². The van der Waals surface area contributed by atoms with Crippen LogP contribution in [0, 0.1) is 5.92 Å². The third-order valence-electron chi connectivity index (χ3n) is 6.73. The molecule has 1 atom stereocenters. The van der Waals surface area contributed by atoms with Gasteiger partial charge in [0.1, 0.15) is 18.1 Å². The summed E-state index contributed by atoms with van der Waals surface area (Å²) in [6.45, 7) is 1.01. The molecule has 1 fully saturated rings. The number of hydrogen-bond donors (Lipinski definition) is 0. The Bertz CT molecular complexity index is 1290. The Morgan fingerprint density at radius 1 is 1.06 bits per heavy atom. The summed E-state index contributed by atoms with van der Waals surface area (Å²) in [5.74, 6) is 1.42. The minimum Gasteiger partial charge on any atom is -0.497 e. The molecule has 0 N–H and O–H groups in total. The molecule has 36 heavy (non-hydrogen) atoms. The fourth-order valence-electron chi connectivity index (χ4n) is 4.54. The first-order valence-electron chi connectivity index (χ1n) is 12.1. The number of amides is 1. The molecule has 2 aromatic carbocycles. The molecule has 0 unspecified atom stereocenters. The third-order valence-corrected chi connectivity index (χ3v) is 9.56. The summed E-state index contributed by atoms with van der Waals surface area (Å²) in [6.07, 6.45) is 2.73. The van der Waals surface area contributed by atoms with Gasteiger partial charge in [0.15, 0.2) is 0 Å². The Hall–Kier alpha value is -2.88. The lowest BCUT2D eigenvalue weighted by molar-refractivity contribution is -0.135. The second-order valence-corrected chi connectivity index (χ2v) is 12.1. The summed E-state index contributed by atoms with van der Waals surface area (Å²) in [4.78, 5) is 16.9. The van der Waals surface area contributed by atoms with Crippen LogP contribution in [0.1, 0.15) is 29.3 Å². The van der Waals surface area contributed by atoms with Gasteiger partial charge in [-0.3, -0.25) is 4.79 Å². The minimum absolute atomic E-state index is 0.166. The van der Waals surface area contributed by atoms with E-state index in [0.29, 0.717) is 31.4 Å². The number of nitrogens with zero attached hydrogens (tertiary/aromatic N) is 2. The van der Waals surface area contributed by atoms with E-state index in [0.717, 1.165) is 30.6 Å². The number of carbonyl (C=O) groups excluding carboxylic acids is 1. The zero-order chi connectivity index (χ0) is 25.1. The molecule has 1 aliphatic carbocycles. The van der Waals surface area contributed by atoms with Crippen molar-refractivity contribution in [1.82, 2.24) is 9.21 Å². The first-order valence-corrected chi connectivity index (χ1v) is 14.5. The molecule has 0 saturated heterocycles. The average Bonchev–Trinajstić information content (AvgIpc) is 3.59. The van der Waals surface area contributed by atoms with E-state index in [1.165, 1.54) is 28.4 Å². The van der Waals surface area contributed by atoms with Crippen molar-refractivity contribution in [1.29, 1.82) is 0 Å². The molecule has 1 aromatic heterocycles. The highest BCUT2D eigenvalue weighted by Crippen LogP contribution is 2.35. The van der Waals surface area contributed by atoms with Crippen LogP contribution in [0.3, 0.4) is 0 Å². The van der Waals surface area contributed by atoms with Gasteiger partial charge < -0.3 is 14.4 Å². The summed E-state index contributed by atoms with van der Waals surface area (Å²) < 4.78 is 39.7. The van der Waals surface area contributed by atoms with Crippen molar-refractivity contribution < 1.29 is 22.7 Å². The maximum absolute atomic E-state index is 13.7. The summed E-state index contributed by atoms with van der Waals surface area (Å²) in [5.41, 5.74) is 1.09. The zero-order valence-corrected chi connectivity index (χ0v) is 21.8. The monoisotopic (exact) mass is 526 g/mol. The van der Waals surface area contributed by atoms with Gasteiger partial charge in [-0.1, -0.05) is 18.2 Å². The Balaban J connectivity index is 1.37. The largest absolute Gasteiger partial charge is 0.497 e. The molecule has 0 bridgehead atoms. The van der Waals surface area contributed by atoms with Gasteiger partial charge in [0.25, 0.3) is 0 Å². The molecule has 1 amide bonds. The van der Waals surface area contributed by atoms with Crippen molar-refractivity contribution in [2.45, 2.75) is 30.2 Å². The van der Waals surface area contributed by atoms with Crippen LogP contribution in [-0.4, -0.2) is 56.9 Å². The summed E-state index contributed by atoms with van der Waals surface area (Å²) >= 11 is 1.69. The molecule has 2 aliphatic rings. The first kappa shape index (κ1) is 24.8. The zero-order valence-electron chi connectivity index (χ0n) is 20.2.